The third kappa shape index (κ3) is 18.4. The van der Waals surface area contributed by atoms with Crippen LogP contribution in [0.25, 0.3) is 0 Å². The monoisotopic (exact) mass is 342 g/mol. The summed E-state index contributed by atoms with van der Waals surface area (Å²) in [7, 11) is 0. The predicted molar refractivity (Wildman–Crippen MR) is 99.4 cm³/mol. The summed E-state index contributed by atoms with van der Waals surface area (Å²) in [4.78, 5) is 2.20. The molecule has 0 saturated heterocycles. The molecule has 0 fully saturated rings. The van der Waals surface area contributed by atoms with Gasteiger partial charge in [0.25, 0.3) is 0 Å². The summed E-state index contributed by atoms with van der Waals surface area (Å²) < 4.78 is 6.68. The van der Waals surface area contributed by atoms with Crippen LogP contribution in [0.5, 0.6) is 0 Å². The van der Waals surface area contributed by atoms with E-state index < -0.39 is 0 Å². The fraction of sp³-hybridized carbons (Fsp3) is 0.833. The van der Waals surface area contributed by atoms with Crippen LogP contribution in [0.4, 0.5) is 0 Å². The summed E-state index contributed by atoms with van der Waals surface area (Å²) in [6.45, 7) is 12.2. The van der Waals surface area contributed by atoms with Crippen LogP contribution >= 0.6 is 48.8 Å². The molecule has 0 atom stereocenters. The molecule has 0 aromatic rings. The smallest absolute Gasteiger partial charge is 0.136 e. The molecule has 0 saturated carbocycles. The first kappa shape index (κ1) is 21.7. The van der Waals surface area contributed by atoms with Crippen LogP contribution in [0.15, 0.2) is 0 Å². The van der Waals surface area contributed by atoms with Crippen molar-refractivity contribution in [2.45, 2.75) is 27.7 Å². The summed E-state index contributed by atoms with van der Waals surface area (Å²) >= 11 is 14.7. The summed E-state index contributed by atoms with van der Waals surface area (Å²) in [6, 6.07) is 0. The van der Waals surface area contributed by atoms with Crippen LogP contribution in [0.3, 0.4) is 0 Å². The van der Waals surface area contributed by atoms with Gasteiger partial charge in [-0.05, 0) is 19.8 Å². The van der Waals surface area contributed by atoms with E-state index in [4.69, 9.17) is 22.7 Å². The van der Waals surface area contributed by atoms with Crippen molar-refractivity contribution in [2.75, 3.05) is 32.1 Å². The number of hydrogen-bond acceptors (Lipinski definition) is 4. The molecule has 0 aromatic carbocycles. The number of nitrogens with zero attached hydrogens (tertiary/aromatic N) is 1. The van der Waals surface area contributed by atoms with Crippen LogP contribution in [-0.4, -0.2) is 45.6 Å². The van der Waals surface area contributed by atoms with Crippen LogP contribution in [0, 0.1) is 5.92 Å². The third-order valence-corrected chi connectivity index (χ3v) is 3.41. The van der Waals surface area contributed by atoms with Gasteiger partial charge in [0.15, 0.2) is 0 Å². The summed E-state index contributed by atoms with van der Waals surface area (Å²) in [6.07, 6.45) is 0. The molecule has 0 aliphatic heterocycles. The molecular weight excluding hydrogens is 316 g/mol. The fourth-order valence-corrected chi connectivity index (χ4v) is 2.40. The van der Waals surface area contributed by atoms with E-state index >= 15 is 0 Å². The topological polar surface area (TPSA) is 38.5 Å². The molecule has 0 spiro atoms. The van der Waals surface area contributed by atoms with E-state index in [9.17, 15) is 0 Å². The molecule has 0 unspecified atom stereocenters. The van der Waals surface area contributed by atoms with Crippen LogP contribution in [-0.2, 0) is 4.74 Å². The Balaban J connectivity index is 0. The van der Waals surface area contributed by atoms with Crippen molar-refractivity contribution >= 4 is 57.5 Å². The highest BCUT2D eigenvalue weighted by Gasteiger charge is 2.05. The average Bonchev–Trinajstić information content (AvgIpc) is 2.29. The van der Waals surface area contributed by atoms with Crippen molar-refractivity contribution in [1.82, 2.24) is 4.90 Å². The number of nitrogens with two attached hydrogens (primary N) is 1. The van der Waals surface area contributed by atoms with Crippen molar-refractivity contribution in [3.8, 4) is 0 Å². The highest BCUT2D eigenvalue weighted by molar-refractivity contribution is 8.22. The lowest BCUT2D eigenvalue weighted by atomic mass is 10.2. The fourth-order valence-electron chi connectivity index (χ4n) is 1.08. The molecule has 2 N–H and O–H groups in total. The zero-order valence-corrected chi connectivity index (χ0v) is 15.6. The molecule has 19 heavy (non-hydrogen) atoms. The Morgan fingerprint density at radius 1 is 1.32 bits per heavy atom. The molecule has 0 rings (SSSR count). The van der Waals surface area contributed by atoms with Gasteiger partial charge in [-0.25, -0.2) is 0 Å². The molecule has 0 heterocycles. The Morgan fingerprint density at radius 3 is 2.16 bits per heavy atom. The second-order valence-corrected chi connectivity index (χ2v) is 7.05. The standard InChI is InChI=1S/C11H23NOS2.CH3NS2/c1-5-12(6-2)11(14)15-8-7-13-9-10(3)4;2-1(3)4/h10H,5-9H2,1-4H3;(H3,2,3,4). The van der Waals surface area contributed by atoms with E-state index in [0.717, 1.165) is 36.4 Å². The molecule has 7 heteroatoms. The van der Waals surface area contributed by atoms with Crippen molar-refractivity contribution in [1.29, 1.82) is 0 Å². The van der Waals surface area contributed by atoms with Gasteiger partial charge in [-0.2, -0.15) is 0 Å². The zero-order valence-electron chi connectivity index (χ0n) is 12.2. The maximum absolute atomic E-state index is 5.49. The van der Waals surface area contributed by atoms with Gasteiger partial charge in [0, 0.05) is 25.4 Å². The maximum atomic E-state index is 5.49. The summed E-state index contributed by atoms with van der Waals surface area (Å²) in [5.74, 6) is 1.58. The minimum absolute atomic E-state index is 0.194. The highest BCUT2D eigenvalue weighted by Crippen LogP contribution is 2.09. The first-order valence-electron chi connectivity index (χ1n) is 6.32. The highest BCUT2D eigenvalue weighted by atomic mass is 32.2. The Morgan fingerprint density at radius 2 is 1.79 bits per heavy atom. The molecule has 0 aromatic heterocycles. The SMILES string of the molecule is CCN(CC)C(=S)SCCOCC(C)C.NC(=S)S. The van der Waals surface area contributed by atoms with Crippen LogP contribution < -0.4 is 5.73 Å². The maximum Gasteiger partial charge on any atom is 0.136 e. The van der Waals surface area contributed by atoms with E-state index in [-0.39, 0.29) is 4.32 Å². The van der Waals surface area contributed by atoms with Gasteiger partial charge in [0.05, 0.1) is 6.61 Å². The third-order valence-electron chi connectivity index (χ3n) is 1.93. The van der Waals surface area contributed by atoms with E-state index in [1.807, 2.05) is 0 Å². The van der Waals surface area contributed by atoms with Gasteiger partial charge >= 0.3 is 0 Å². The lowest BCUT2D eigenvalue weighted by molar-refractivity contribution is 0.124. The Kier molecular flexibility index (Phi) is 17.0. The van der Waals surface area contributed by atoms with Crippen molar-refractivity contribution < 1.29 is 4.74 Å². The Hall–Kier alpha value is 0.440. The van der Waals surface area contributed by atoms with Crippen molar-refractivity contribution in [3.05, 3.63) is 0 Å². The number of ether oxygens (including phenoxy) is 1. The van der Waals surface area contributed by atoms with Crippen LogP contribution in [0.1, 0.15) is 27.7 Å². The lowest BCUT2D eigenvalue weighted by Gasteiger charge is -2.20. The van der Waals surface area contributed by atoms with Gasteiger partial charge in [-0.3, -0.25) is 0 Å². The largest absolute Gasteiger partial charge is 0.385 e. The number of thiol groups is 1. The van der Waals surface area contributed by atoms with E-state index in [0.29, 0.717) is 5.92 Å². The van der Waals surface area contributed by atoms with Crippen LogP contribution in [0.2, 0.25) is 0 Å². The van der Waals surface area contributed by atoms with E-state index in [1.165, 1.54) is 0 Å². The van der Waals surface area contributed by atoms with Gasteiger partial charge in [-0.15, -0.1) is 12.6 Å². The van der Waals surface area contributed by atoms with E-state index in [1.54, 1.807) is 11.8 Å². The quantitative estimate of drug-likeness (QED) is 0.421. The van der Waals surface area contributed by atoms with Crippen molar-refractivity contribution in [2.24, 2.45) is 11.7 Å². The summed E-state index contributed by atoms with van der Waals surface area (Å²) in [5, 5.41) is 0. The van der Waals surface area contributed by atoms with E-state index in [2.05, 4.69) is 57.4 Å². The lowest BCUT2D eigenvalue weighted by Crippen LogP contribution is -2.27. The molecule has 0 aliphatic carbocycles. The number of thioether (sulfide) groups is 1. The molecule has 114 valence electrons. The first-order valence-corrected chi connectivity index (χ1v) is 8.57. The van der Waals surface area contributed by atoms with Gasteiger partial charge in [0.1, 0.15) is 8.64 Å². The van der Waals surface area contributed by atoms with Crippen molar-refractivity contribution in [3.63, 3.8) is 0 Å². The minimum atomic E-state index is 0.194. The van der Waals surface area contributed by atoms with Gasteiger partial charge in [-0.1, -0.05) is 50.0 Å². The average molecular weight is 343 g/mol. The number of hydrogen-bond donors (Lipinski definition) is 2. The van der Waals surface area contributed by atoms with Gasteiger partial charge < -0.3 is 15.4 Å². The van der Waals surface area contributed by atoms with Gasteiger partial charge in [0.2, 0.25) is 0 Å². The molecular formula is C12H26N2OS4. The Labute approximate surface area is 138 Å². The molecule has 0 radical (unpaired) electrons. The minimum Gasteiger partial charge on any atom is -0.385 e. The predicted octanol–water partition coefficient (Wildman–Crippen LogP) is 3.18. The summed E-state index contributed by atoms with van der Waals surface area (Å²) in [5.41, 5.74) is 4.71. The number of rotatable bonds is 7. The number of thiocarbonyl (C=S) groups is 2. The molecule has 0 aliphatic rings. The first-order chi connectivity index (χ1) is 8.84. The molecule has 0 amide bonds. The molecule has 3 nitrogen and oxygen atoms in total. The zero-order chi connectivity index (χ0) is 15.3. The Bertz CT molecular complexity index is 242. The second-order valence-electron chi connectivity index (χ2n) is 4.09. The second kappa shape index (κ2) is 14.8. The molecule has 0 bridgehead atoms. The normalized spacial score (nSPS) is 9.79.